The zero-order valence-corrected chi connectivity index (χ0v) is 34.6. The molecule has 8 rings (SSSR count). The van der Waals surface area contributed by atoms with Gasteiger partial charge >= 0.3 is 0 Å². The van der Waals surface area contributed by atoms with Gasteiger partial charge in [0, 0.05) is 28.5 Å². The SMILES string of the molecule is [2H]C([2H])([2H])c1ccc(-c2ccnc(-c3cc(-c4cccc5c4nc(-c4ccccc4O)n5-c4ccc(-c5ccccc5C(C)(C)C)c(C([2H])(C)C)c4)cc(C(C)(C)C)c3)c2)cc1. The van der Waals surface area contributed by atoms with Crippen LogP contribution in [0.25, 0.3) is 72.7 Å². The molecule has 0 amide bonds. The zero-order chi connectivity index (χ0) is 44.4. The molecule has 4 nitrogen and oxygen atoms in total. The van der Waals surface area contributed by atoms with Crippen LogP contribution in [0.4, 0.5) is 0 Å². The maximum atomic E-state index is 11.4. The maximum absolute atomic E-state index is 11.4. The number of fused-ring (bicyclic) bond motifs is 1. The molecule has 6 aromatic carbocycles. The molecule has 2 aromatic heterocycles. The Morgan fingerprint density at radius 2 is 1.33 bits per heavy atom. The lowest BCUT2D eigenvalue weighted by Crippen LogP contribution is -2.13. The maximum Gasteiger partial charge on any atom is 0.149 e. The molecule has 0 saturated carbocycles. The molecule has 0 spiro atoms. The molecule has 8 aromatic rings. The van der Waals surface area contributed by atoms with Crippen molar-refractivity contribution in [2.24, 2.45) is 0 Å². The second-order valence-electron chi connectivity index (χ2n) is 17.5. The Morgan fingerprint density at radius 3 is 2.03 bits per heavy atom. The molecule has 0 aliphatic carbocycles. The Kier molecular flexibility index (Phi) is 8.70. The van der Waals surface area contributed by atoms with Gasteiger partial charge in [-0.3, -0.25) is 9.55 Å². The average molecular weight is 764 g/mol. The van der Waals surface area contributed by atoms with E-state index in [0.29, 0.717) is 17.0 Å². The summed E-state index contributed by atoms with van der Waals surface area (Å²) in [6.45, 7) is 15.0. The molecule has 0 aliphatic rings. The lowest BCUT2D eigenvalue weighted by molar-refractivity contribution is 0.477. The summed E-state index contributed by atoms with van der Waals surface area (Å²) < 4.78 is 35.0. The summed E-state index contributed by atoms with van der Waals surface area (Å²) in [4.78, 5) is 10.2. The summed E-state index contributed by atoms with van der Waals surface area (Å²) in [5, 5.41) is 11.4. The van der Waals surface area contributed by atoms with Gasteiger partial charge in [-0.2, -0.15) is 0 Å². The third kappa shape index (κ3) is 7.36. The number of imidazole rings is 1. The van der Waals surface area contributed by atoms with Gasteiger partial charge in [0.2, 0.25) is 0 Å². The molecular weight excluding hydrogens is 707 g/mol. The van der Waals surface area contributed by atoms with E-state index in [4.69, 9.17) is 14.1 Å². The minimum atomic E-state index is -2.17. The van der Waals surface area contributed by atoms with E-state index in [0.717, 1.165) is 72.5 Å². The third-order valence-electron chi connectivity index (χ3n) is 11.0. The number of aromatic nitrogens is 3. The number of benzene rings is 6. The predicted molar refractivity (Wildman–Crippen MR) is 244 cm³/mol. The third-order valence-corrected chi connectivity index (χ3v) is 11.0. The second kappa shape index (κ2) is 14.9. The highest BCUT2D eigenvalue weighted by Crippen LogP contribution is 2.42. The molecule has 290 valence electrons. The number of phenols is 1. The van der Waals surface area contributed by atoms with Crippen LogP contribution < -0.4 is 0 Å². The minimum absolute atomic E-state index is 0.105. The number of aryl methyl sites for hydroxylation is 1. The van der Waals surface area contributed by atoms with Crippen LogP contribution >= 0.6 is 0 Å². The molecular formula is C54H53N3O. The van der Waals surface area contributed by atoms with Crippen LogP contribution in [0.2, 0.25) is 0 Å². The number of hydrogen-bond donors (Lipinski definition) is 1. The number of hydrogen-bond acceptors (Lipinski definition) is 3. The van der Waals surface area contributed by atoms with Crippen molar-refractivity contribution in [3.63, 3.8) is 0 Å². The summed E-state index contributed by atoms with van der Waals surface area (Å²) in [7, 11) is 0. The van der Waals surface area contributed by atoms with Crippen LogP contribution in [-0.4, -0.2) is 19.6 Å². The number of para-hydroxylation sites is 2. The highest BCUT2D eigenvalue weighted by atomic mass is 16.3. The summed E-state index contributed by atoms with van der Waals surface area (Å²) in [5.74, 6) is -0.227. The monoisotopic (exact) mass is 763 g/mol. The van der Waals surface area contributed by atoms with Crippen LogP contribution in [0.1, 0.15) is 89.0 Å². The quantitative estimate of drug-likeness (QED) is 0.176. The van der Waals surface area contributed by atoms with Crippen molar-refractivity contribution in [2.45, 2.75) is 79.0 Å². The smallest absolute Gasteiger partial charge is 0.149 e. The van der Waals surface area contributed by atoms with Crippen LogP contribution in [0.5, 0.6) is 5.75 Å². The van der Waals surface area contributed by atoms with E-state index >= 15 is 0 Å². The molecule has 0 unspecified atom stereocenters. The van der Waals surface area contributed by atoms with E-state index in [9.17, 15) is 6.48 Å². The highest BCUT2D eigenvalue weighted by molar-refractivity contribution is 5.97. The number of rotatable bonds is 7. The fourth-order valence-electron chi connectivity index (χ4n) is 7.92. The first-order valence-electron chi connectivity index (χ1n) is 22.0. The van der Waals surface area contributed by atoms with Crippen molar-refractivity contribution >= 4 is 11.0 Å². The van der Waals surface area contributed by atoms with Crippen LogP contribution in [0.3, 0.4) is 0 Å². The van der Waals surface area contributed by atoms with E-state index < -0.39 is 12.7 Å². The Bertz CT molecular complexity index is 2960. The lowest BCUT2D eigenvalue weighted by atomic mass is 9.80. The van der Waals surface area contributed by atoms with Gasteiger partial charge in [-0.1, -0.05) is 146 Å². The van der Waals surface area contributed by atoms with Gasteiger partial charge in [0.15, 0.2) is 0 Å². The fourth-order valence-corrected chi connectivity index (χ4v) is 7.92. The first-order chi connectivity index (χ1) is 29.2. The topological polar surface area (TPSA) is 50.9 Å². The van der Waals surface area contributed by atoms with Crippen molar-refractivity contribution < 1.29 is 10.6 Å². The van der Waals surface area contributed by atoms with Crippen LogP contribution in [0.15, 0.2) is 146 Å². The summed E-state index contributed by atoms with van der Waals surface area (Å²) in [6, 6.07) is 46.0. The molecule has 58 heavy (non-hydrogen) atoms. The van der Waals surface area contributed by atoms with Gasteiger partial charge in [-0.05, 0) is 123 Å². The molecule has 0 radical (unpaired) electrons. The van der Waals surface area contributed by atoms with Crippen LogP contribution in [0, 0.1) is 6.85 Å². The van der Waals surface area contributed by atoms with Gasteiger partial charge in [-0.25, -0.2) is 4.98 Å². The Balaban J connectivity index is 1.34. The molecule has 0 saturated heterocycles. The fraction of sp³-hybridized carbons (Fsp3) is 0.222. The Morgan fingerprint density at radius 1 is 0.621 bits per heavy atom. The predicted octanol–water partition coefficient (Wildman–Crippen LogP) is 14.5. The first-order valence-corrected chi connectivity index (χ1v) is 20.0. The molecule has 2 heterocycles. The number of aromatic hydroxyl groups is 1. The second-order valence-corrected chi connectivity index (χ2v) is 17.5. The highest BCUT2D eigenvalue weighted by Gasteiger charge is 2.25. The Labute approximate surface area is 349 Å². The van der Waals surface area contributed by atoms with E-state index in [1.54, 1.807) is 24.4 Å². The number of nitrogens with zero attached hydrogens (tertiary/aromatic N) is 3. The molecule has 0 atom stereocenters. The largest absolute Gasteiger partial charge is 0.507 e. The zero-order valence-electron chi connectivity index (χ0n) is 38.6. The standard InChI is InChI=1S/C54H53N3O/c1-34(2)46-33-41(25-26-43(46)44-15-10-12-18-47(44)54(7,8)9)57-49-19-14-17-42(51(49)56-52(57)45-16-11-13-20-50(45)58)38-29-39(31-40(30-38)53(4,5)6)48-32-37(27-28-55-48)36-23-21-35(3)22-24-36/h10-34,58H,1-9H3/i3D3,34D. The summed E-state index contributed by atoms with van der Waals surface area (Å²) >= 11 is 0. The molecule has 4 heteroatoms. The summed E-state index contributed by atoms with van der Waals surface area (Å²) in [5.41, 5.74) is 13.9. The summed E-state index contributed by atoms with van der Waals surface area (Å²) in [6.07, 6.45) is 1.80. The molecule has 0 fully saturated rings. The van der Waals surface area contributed by atoms with Gasteiger partial charge in [0.05, 0.1) is 22.3 Å². The van der Waals surface area contributed by atoms with Crippen molar-refractivity contribution in [3.8, 4) is 67.5 Å². The van der Waals surface area contributed by atoms with Crippen molar-refractivity contribution in [2.75, 3.05) is 0 Å². The van der Waals surface area contributed by atoms with E-state index in [2.05, 4.69) is 131 Å². The van der Waals surface area contributed by atoms with Gasteiger partial charge < -0.3 is 5.11 Å². The molecule has 0 aliphatic heterocycles. The van der Waals surface area contributed by atoms with Crippen molar-refractivity contribution in [1.29, 1.82) is 0 Å². The van der Waals surface area contributed by atoms with Gasteiger partial charge in [0.25, 0.3) is 0 Å². The van der Waals surface area contributed by atoms with Crippen molar-refractivity contribution in [3.05, 3.63) is 168 Å². The van der Waals surface area contributed by atoms with E-state index in [-0.39, 0.29) is 16.6 Å². The minimum Gasteiger partial charge on any atom is -0.507 e. The lowest BCUT2D eigenvalue weighted by Gasteiger charge is -2.25. The van der Waals surface area contributed by atoms with Gasteiger partial charge in [0.1, 0.15) is 11.6 Å². The average Bonchev–Trinajstić information content (AvgIpc) is 3.62. The first kappa shape index (κ1) is 33.8. The normalized spacial score (nSPS) is 13.5. The number of phenolic OH excluding ortho intramolecular Hbond substituents is 1. The Hall–Kier alpha value is -6.26. The van der Waals surface area contributed by atoms with E-state index in [1.807, 2.05) is 50.2 Å². The molecule has 0 bridgehead atoms. The van der Waals surface area contributed by atoms with Gasteiger partial charge in [-0.15, -0.1) is 0 Å². The van der Waals surface area contributed by atoms with E-state index in [1.165, 1.54) is 5.56 Å². The van der Waals surface area contributed by atoms with Crippen LogP contribution in [-0.2, 0) is 10.8 Å². The number of pyridine rings is 1. The molecule has 1 N–H and O–H groups in total. The van der Waals surface area contributed by atoms with Crippen molar-refractivity contribution in [1.82, 2.24) is 14.5 Å².